The Kier molecular flexibility index (Phi) is 10.2. The fraction of sp³-hybridized carbons (Fsp3) is 0.464. The molecule has 2 N–H and O–H groups in total. The highest BCUT2D eigenvalue weighted by molar-refractivity contribution is 5.95. The van der Waals surface area contributed by atoms with Gasteiger partial charge >= 0.3 is 0 Å². The van der Waals surface area contributed by atoms with Crippen molar-refractivity contribution in [1.29, 1.82) is 0 Å². The van der Waals surface area contributed by atoms with E-state index in [0.717, 1.165) is 5.56 Å². The summed E-state index contributed by atoms with van der Waals surface area (Å²) in [6.45, 7) is 2.29. The number of likely N-dealkylation sites (tertiary alicyclic amines) is 1. The molecule has 1 aliphatic rings. The second-order valence-electron chi connectivity index (χ2n) is 9.12. The van der Waals surface area contributed by atoms with Gasteiger partial charge in [0.1, 0.15) is 17.5 Å². The third kappa shape index (κ3) is 7.24. The molecule has 0 unspecified atom stereocenters. The zero-order chi connectivity index (χ0) is 28.5. The Hall–Kier alpha value is -4.15. The summed E-state index contributed by atoms with van der Waals surface area (Å²) in [7, 11) is 7.60. The zero-order valence-corrected chi connectivity index (χ0v) is 23.3. The topological polar surface area (TPSA) is 125 Å². The first kappa shape index (κ1) is 29.4. The predicted octanol–water partition coefficient (Wildman–Crippen LogP) is 2.20. The van der Waals surface area contributed by atoms with Gasteiger partial charge in [-0.05, 0) is 36.6 Å². The van der Waals surface area contributed by atoms with Crippen LogP contribution in [0.4, 0.5) is 0 Å². The van der Waals surface area contributed by atoms with Crippen molar-refractivity contribution in [2.75, 3.05) is 48.6 Å². The van der Waals surface area contributed by atoms with E-state index in [2.05, 4.69) is 10.6 Å². The Morgan fingerprint density at radius 1 is 0.872 bits per heavy atom. The van der Waals surface area contributed by atoms with E-state index in [1.807, 2.05) is 6.07 Å². The van der Waals surface area contributed by atoms with Crippen LogP contribution in [-0.4, -0.2) is 83.3 Å². The lowest BCUT2D eigenvalue weighted by Gasteiger charge is -2.33. The Balaban J connectivity index is 1.65. The van der Waals surface area contributed by atoms with Crippen LogP contribution in [0.2, 0.25) is 0 Å². The second kappa shape index (κ2) is 13.6. The van der Waals surface area contributed by atoms with E-state index >= 15 is 0 Å². The summed E-state index contributed by atoms with van der Waals surface area (Å²) in [5.74, 6) is 1.64. The molecule has 0 radical (unpaired) electrons. The standard InChI is InChI=1S/C28H37N3O8/c1-17(32)29-22(13-18-7-8-21(35-2)16-23(18)36-3)27(33)30-20-9-11-31(12-10-20)28(34)19-14-24(37-4)26(39-6)25(15-19)38-5/h7-8,14-16,20,22H,9-13H2,1-6H3,(H,29,32)(H,30,33)/t22-/m0/s1. The number of carbonyl (C=O) groups is 3. The van der Waals surface area contributed by atoms with Gasteiger partial charge in [0, 0.05) is 44.1 Å². The van der Waals surface area contributed by atoms with Crippen LogP contribution in [0, 0.1) is 0 Å². The first-order valence-electron chi connectivity index (χ1n) is 12.6. The Morgan fingerprint density at radius 3 is 2.00 bits per heavy atom. The van der Waals surface area contributed by atoms with Crippen molar-refractivity contribution in [2.45, 2.75) is 38.3 Å². The molecule has 0 aliphatic carbocycles. The van der Waals surface area contributed by atoms with Crippen molar-refractivity contribution >= 4 is 17.7 Å². The van der Waals surface area contributed by atoms with Crippen molar-refractivity contribution in [3.8, 4) is 28.7 Å². The van der Waals surface area contributed by atoms with E-state index in [1.54, 1.807) is 43.4 Å². The molecule has 3 rings (SSSR count). The lowest BCUT2D eigenvalue weighted by atomic mass is 10.0. The molecule has 1 atom stereocenters. The normalized spacial score (nSPS) is 14.2. The zero-order valence-electron chi connectivity index (χ0n) is 23.3. The first-order chi connectivity index (χ1) is 18.7. The molecule has 212 valence electrons. The van der Waals surface area contributed by atoms with Crippen LogP contribution in [-0.2, 0) is 16.0 Å². The molecule has 0 aromatic heterocycles. The minimum absolute atomic E-state index is 0.143. The van der Waals surface area contributed by atoms with Crippen LogP contribution >= 0.6 is 0 Å². The van der Waals surface area contributed by atoms with E-state index in [0.29, 0.717) is 60.2 Å². The first-order valence-corrected chi connectivity index (χ1v) is 12.6. The number of nitrogens with one attached hydrogen (secondary N) is 2. The maximum Gasteiger partial charge on any atom is 0.254 e. The van der Waals surface area contributed by atoms with Crippen LogP contribution in [0.15, 0.2) is 30.3 Å². The van der Waals surface area contributed by atoms with Crippen molar-refractivity contribution < 1.29 is 38.1 Å². The monoisotopic (exact) mass is 543 g/mol. The van der Waals surface area contributed by atoms with Crippen molar-refractivity contribution in [3.05, 3.63) is 41.5 Å². The maximum atomic E-state index is 13.2. The molecule has 1 heterocycles. The number of benzene rings is 2. The molecular weight excluding hydrogens is 506 g/mol. The highest BCUT2D eigenvalue weighted by Gasteiger charge is 2.29. The summed E-state index contributed by atoms with van der Waals surface area (Å²) < 4.78 is 26.8. The van der Waals surface area contributed by atoms with Gasteiger partial charge in [-0.3, -0.25) is 14.4 Å². The van der Waals surface area contributed by atoms with Gasteiger partial charge < -0.3 is 39.2 Å². The van der Waals surface area contributed by atoms with Gasteiger partial charge in [0.25, 0.3) is 5.91 Å². The van der Waals surface area contributed by atoms with E-state index in [9.17, 15) is 14.4 Å². The van der Waals surface area contributed by atoms with Crippen LogP contribution in [0.3, 0.4) is 0 Å². The number of hydrogen-bond donors (Lipinski definition) is 2. The largest absolute Gasteiger partial charge is 0.497 e. The number of amides is 3. The highest BCUT2D eigenvalue weighted by atomic mass is 16.5. The van der Waals surface area contributed by atoms with Crippen LogP contribution in [0.5, 0.6) is 28.7 Å². The molecule has 39 heavy (non-hydrogen) atoms. The van der Waals surface area contributed by atoms with Crippen molar-refractivity contribution in [1.82, 2.24) is 15.5 Å². The van der Waals surface area contributed by atoms with Gasteiger partial charge in [-0.2, -0.15) is 0 Å². The van der Waals surface area contributed by atoms with Gasteiger partial charge in [0.05, 0.1) is 35.5 Å². The number of carbonyl (C=O) groups excluding carboxylic acids is 3. The summed E-state index contributed by atoms with van der Waals surface area (Å²) in [5.41, 5.74) is 1.18. The summed E-state index contributed by atoms with van der Waals surface area (Å²) in [5, 5.41) is 5.78. The minimum atomic E-state index is -0.788. The highest BCUT2D eigenvalue weighted by Crippen LogP contribution is 2.38. The second-order valence-corrected chi connectivity index (χ2v) is 9.12. The molecule has 3 amide bonds. The lowest BCUT2D eigenvalue weighted by molar-refractivity contribution is -0.128. The van der Waals surface area contributed by atoms with E-state index in [-0.39, 0.29) is 30.2 Å². The average Bonchev–Trinajstić information content (AvgIpc) is 2.95. The fourth-order valence-corrected chi connectivity index (χ4v) is 4.61. The summed E-state index contributed by atoms with van der Waals surface area (Å²) in [6, 6.07) is 7.65. The number of piperidine rings is 1. The van der Waals surface area contributed by atoms with E-state index in [1.165, 1.54) is 28.3 Å². The Bertz CT molecular complexity index is 1150. The summed E-state index contributed by atoms with van der Waals surface area (Å²) >= 11 is 0. The molecule has 11 nitrogen and oxygen atoms in total. The van der Waals surface area contributed by atoms with Crippen LogP contribution < -0.4 is 34.3 Å². The third-order valence-electron chi connectivity index (χ3n) is 6.65. The predicted molar refractivity (Wildman–Crippen MR) is 144 cm³/mol. The Morgan fingerprint density at radius 2 is 1.49 bits per heavy atom. The van der Waals surface area contributed by atoms with Crippen LogP contribution in [0.25, 0.3) is 0 Å². The van der Waals surface area contributed by atoms with Gasteiger partial charge in [0.2, 0.25) is 17.6 Å². The van der Waals surface area contributed by atoms with Gasteiger partial charge in [-0.15, -0.1) is 0 Å². The van der Waals surface area contributed by atoms with E-state index in [4.69, 9.17) is 23.7 Å². The minimum Gasteiger partial charge on any atom is -0.497 e. The molecule has 2 aromatic rings. The molecule has 0 bridgehead atoms. The van der Waals surface area contributed by atoms with E-state index < -0.39 is 6.04 Å². The number of nitrogens with zero attached hydrogens (tertiary/aromatic N) is 1. The number of ether oxygens (including phenoxy) is 5. The molecule has 0 saturated carbocycles. The Labute approximate surface area is 228 Å². The smallest absolute Gasteiger partial charge is 0.254 e. The number of methoxy groups -OCH3 is 5. The maximum absolute atomic E-state index is 13.2. The molecule has 0 spiro atoms. The van der Waals surface area contributed by atoms with Crippen LogP contribution in [0.1, 0.15) is 35.7 Å². The van der Waals surface area contributed by atoms with Crippen molar-refractivity contribution in [2.24, 2.45) is 0 Å². The quantitative estimate of drug-likeness (QED) is 0.442. The lowest BCUT2D eigenvalue weighted by Crippen LogP contribution is -2.53. The van der Waals surface area contributed by atoms with Gasteiger partial charge in [-0.25, -0.2) is 0 Å². The molecule has 2 aromatic carbocycles. The number of hydrogen-bond acceptors (Lipinski definition) is 8. The molecule has 1 aliphatic heterocycles. The number of rotatable bonds is 11. The average molecular weight is 544 g/mol. The van der Waals surface area contributed by atoms with Gasteiger partial charge in [-0.1, -0.05) is 6.07 Å². The third-order valence-corrected chi connectivity index (χ3v) is 6.65. The fourth-order valence-electron chi connectivity index (χ4n) is 4.61. The summed E-state index contributed by atoms with van der Waals surface area (Å²) in [4.78, 5) is 40.0. The molecule has 11 heteroatoms. The molecule has 1 fully saturated rings. The molecular formula is C28H37N3O8. The SMILES string of the molecule is COc1ccc(C[C@H](NC(C)=O)C(=O)NC2CCN(C(=O)c3cc(OC)c(OC)c(OC)c3)CC2)c(OC)c1. The van der Waals surface area contributed by atoms with Crippen molar-refractivity contribution in [3.63, 3.8) is 0 Å². The van der Waals surface area contributed by atoms with Gasteiger partial charge in [0.15, 0.2) is 11.5 Å². The summed E-state index contributed by atoms with van der Waals surface area (Å²) in [6.07, 6.45) is 1.39. The molecule has 1 saturated heterocycles.